The molecule has 0 radical (unpaired) electrons. The molecule has 10 atom stereocenters. The fraction of sp³-hybridized carbons (Fsp3) is 0.615. The van der Waals surface area contributed by atoms with Crippen molar-refractivity contribution >= 4 is 78.4 Å². The summed E-state index contributed by atoms with van der Waals surface area (Å²) in [6, 6.07) is -4.59. The maximum Gasteiger partial charge on any atom is 0.246 e. The number of carbonyl (C=O) groups excluding carboxylic acids is 9. The third kappa shape index (κ3) is 15.6. The summed E-state index contributed by atoms with van der Waals surface area (Å²) >= 11 is 8.24. The monoisotopic (exact) mass is 910 g/mol. The summed E-state index contributed by atoms with van der Waals surface area (Å²) in [7, 11) is 0. The highest BCUT2D eigenvalue weighted by Crippen LogP contribution is 2.20. The number of nitrogens with one attached hydrogen (secondary N) is 6. The lowest BCUT2D eigenvalue weighted by molar-refractivity contribution is -0.142. The molecule has 1 aromatic carbocycles. The number of thiol groups is 2. The third-order valence-electron chi connectivity index (χ3n) is 10.6. The van der Waals surface area contributed by atoms with E-state index in [0.717, 1.165) is 0 Å². The van der Waals surface area contributed by atoms with Gasteiger partial charge in [-0.25, -0.2) is 0 Å². The number of benzene rings is 1. The molecule has 2 rings (SSSR count). The normalized spacial score (nSPS) is 17.9. The zero-order valence-corrected chi connectivity index (χ0v) is 37.1. The van der Waals surface area contributed by atoms with E-state index >= 15 is 0 Å². The molecule has 0 aromatic heterocycles. The van der Waals surface area contributed by atoms with Gasteiger partial charge in [0.25, 0.3) is 0 Å². The summed E-state index contributed by atoms with van der Waals surface area (Å²) in [5.74, 6) is -8.86. The molecule has 1 heterocycles. The summed E-state index contributed by atoms with van der Waals surface area (Å²) in [5.41, 5.74) is 17.3. The number of primary amides is 2. The van der Waals surface area contributed by atoms with Gasteiger partial charge in [-0.05, 0) is 42.4 Å². The quantitative estimate of drug-likeness (QED) is 0.0425. The summed E-state index contributed by atoms with van der Waals surface area (Å²) in [6.07, 6.45) is 0.733. The van der Waals surface area contributed by atoms with Crippen LogP contribution in [0, 0.1) is 11.8 Å². The molecule has 0 aliphatic carbocycles. The minimum absolute atomic E-state index is 0.0288. The highest BCUT2D eigenvalue weighted by molar-refractivity contribution is 7.80. The van der Waals surface area contributed by atoms with Gasteiger partial charge in [-0.2, -0.15) is 25.3 Å². The first-order valence-corrected chi connectivity index (χ1v) is 21.6. The van der Waals surface area contributed by atoms with Crippen molar-refractivity contribution in [2.75, 3.05) is 24.7 Å². The van der Waals surface area contributed by atoms with Crippen LogP contribution in [0.15, 0.2) is 24.3 Å². The molecular weight excluding hydrogens is 849 g/mol. The standard InChI is InChI=1S/C39H62N10O11S2/c1-5-19(3)30(32(42)53)47-37(58)28-8-7-13-49(28)39(60)27(18-62)46-34(55)25(15-29(41)52)44-36(57)26(16-50)45-38(59)31(20(4)6-2)48-35(56)24(43-33(54)23(40)17-61)14-21-9-11-22(51)12-10-21/h9-12,19-20,23-28,30-31,50-51,61-62H,5-8,13-18,40H2,1-4H3,(H2,41,52)(H2,42,53)(H,43,54)(H,44,57)(H,45,59)(H,46,55)(H,47,58)(H,48,56)/t19-,20-,23-,24-,25-,26-,27-,28-,30-,31-/m0/s1. The molecule has 1 aromatic rings. The minimum atomic E-state index is -1.74. The number of nitrogens with zero attached hydrogens (tertiary/aromatic N) is 1. The van der Waals surface area contributed by atoms with Crippen LogP contribution in [0.25, 0.3) is 0 Å². The Morgan fingerprint density at radius 1 is 0.726 bits per heavy atom. The number of aliphatic hydroxyl groups is 1. The zero-order valence-electron chi connectivity index (χ0n) is 35.3. The van der Waals surface area contributed by atoms with Crippen LogP contribution in [0.5, 0.6) is 5.75 Å². The fourth-order valence-corrected chi connectivity index (χ4v) is 6.89. The number of aromatic hydroxyl groups is 1. The SMILES string of the molecule is CC[C@H](C)[C@H](NC(=O)[C@@H]1CCCN1C(=O)[C@H](CS)NC(=O)[C@H](CC(N)=O)NC(=O)[C@H](CO)NC(=O)[C@@H](NC(=O)[C@H](Cc1ccc(O)cc1)NC(=O)[C@@H](N)CS)[C@@H](C)CC)C(N)=O. The second kappa shape index (κ2) is 25.7. The molecule has 1 aliphatic rings. The molecule has 14 N–H and O–H groups in total. The number of likely N-dealkylation sites (tertiary alicyclic amines) is 1. The number of rotatable bonds is 25. The van der Waals surface area contributed by atoms with E-state index < -0.39 is 120 Å². The Hall–Kier alpha value is -5.13. The van der Waals surface area contributed by atoms with Crippen LogP contribution in [0.4, 0.5) is 0 Å². The van der Waals surface area contributed by atoms with Gasteiger partial charge in [-0.1, -0.05) is 52.7 Å². The number of hydrogen-bond donors (Lipinski definition) is 13. The summed E-state index contributed by atoms with van der Waals surface area (Å²) in [5, 5.41) is 34.7. The first kappa shape index (κ1) is 53.0. The van der Waals surface area contributed by atoms with Crippen LogP contribution in [-0.4, -0.2) is 141 Å². The minimum Gasteiger partial charge on any atom is -0.508 e. The van der Waals surface area contributed by atoms with Crippen molar-refractivity contribution < 1.29 is 53.4 Å². The van der Waals surface area contributed by atoms with E-state index in [4.69, 9.17) is 17.2 Å². The van der Waals surface area contributed by atoms with Crippen molar-refractivity contribution in [1.29, 1.82) is 0 Å². The van der Waals surface area contributed by atoms with E-state index in [1.807, 2.05) is 6.92 Å². The highest BCUT2D eigenvalue weighted by atomic mass is 32.1. The molecule has 1 aliphatic heterocycles. The Morgan fingerprint density at radius 2 is 1.26 bits per heavy atom. The first-order chi connectivity index (χ1) is 29.2. The van der Waals surface area contributed by atoms with Crippen molar-refractivity contribution in [3.63, 3.8) is 0 Å². The number of phenols is 1. The van der Waals surface area contributed by atoms with Crippen molar-refractivity contribution in [1.82, 2.24) is 36.8 Å². The molecular formula is C39H62N10O11S2. The van der Waals surface area contributed by atoms with Crippen LogP contribution in [-0.2, 0) is 49.6 Å². The van der Waals surface area contributed by atoms with E-state index in [0.29, 0.717) is 24.8 Å². The van der Waals surface area contributed by atoms with Crippen LogP contribution < -0.4 is 49.1 Å². The van der Waals surface area contributed by atoms with Crippen molar-refractivity contribution in [3.8, 4) is 5.75 Å². The number of amides is 9. The lowest BCUT2D eigenvalue weighted by atomic mass is 9.96. The van der Waals surface area contributed by atoms with Gasteiger partial charge < -0.3 is 64.2 Å². The third-order valence-corrected chi connectivity index (χ3v) is 11.4. The van der Waals surface area contributed by atoms with Crippen LogP contribution in [0.1, 0.15) is 65.4 Å². The predicted octanol–water partition coefficient (Wildman–Crippen LogP) is -3.53. The van der Waals surface area contributed by atoms with E-state index in [-0.39, 0.29) is 42.6 Å². The van der Waals surface area contributed by atoms with Gasteiger partial charge in [0.15, 0.2) is 0 Å². The van der Waals surface area contributed by atoms with E-state index in [2.05, 4.69) is 57.2 Å². The van der Waals surface area contributed by atoms with Gasteiger partial charge in [0.1, 0.15) is 48.0 Å². The smallest absolute Gasteiger partial charge is 0.246 e. The Morgan fingerprint density at radius 3 is 1.79 bits per heavy atom. The van der Waals surface area contributed by atoms with Crippen molar-refractivity contribution in [2.24, 2.45) is 29.0 Å². The molecule has 9 amide bonds. The molecule has 346 valence electrons. The zero-order chi connectivity index (χ0) is 46.8. The van der Waals surface area contributed by atoms with Crippen molar-refractivity contribution in [3.05, 3.63) is 29.8 Å². The first-order valence-electron chi connectivity index (χ1n) is 20.3. The van der Waals surface area contributed by atoms with E-state index in [9.17, 15) is 53.4 Å². The molecule has 21 nitrogen and oxygen atoms in total. The predicted molar refractivity (Wildman–Crippen MR) is 233 cm³/mol. The van der Waals surface area contributed by atoms with Crippen LogP contribution >= 0.6 is 25.3 Å². The Bertz CT molecular complexity index is 1760. The van der Waals surface area contributed by atoms with Gasteiger partial charge in [-0.3, -0.25) is 43.2 Å². The highest BCUT2D eigenvalue weighted by Gasteiger charge is 2.40. The molecule has 0 spiro atoms. The van der Waals surface area contributed by atoms with Gasteiger partial charge >= 0.3 is 0 Å². The van der Waals surface area contributed by atoms with Gasteiger partial charge in [0, 0.05) is 24.5 Å². The average molecular weight is 911 g/mol. The second-order valence-corrected chi connectivity index (χ2v) is 16.0. The Labute approximate surface area is 371 Å². The number of phenolic OH excluding ortho intramolecular Hbond substituents is 1. The second-order valence-electron chi connectivity index (χ2n) is 15.3. The number of carbonyl (C=O) groups is 9. The maximum atomic E-state index is 13.7. The van der Waals surface area contributed by atoms with Crippen LogP contribution in [0.3, 0.4) is 0 Å². The molecule has 0 bridgehead atoms. The molecule has 62 heavy (non-hydrogen) atoms. The summed E-state index contributed by atoms with van der Waals surface area (Å²) in [6.45, 7) is 6.07. The topological polar surface area (TPSA) is 348 Å². The Kier molecular flexibility index (Phi) is 22.0. The number of hydrogen-bond acceptors (Lipinski definition) is 14. The fourth-order valence-electron chi connectivity index (χ4n) is 6.47. The van der Waals surface area contributed by atoms with E-state index in [1.165, 1.54) is 29.2 Å². The molecule has 23 heteroatoms. The van der Waals surface area contributed by atoms with Gasteiger partial charge in [0.2, 0.25) is 53.2 Å². The summed E-state index contributed by atoms with van der Waals surface area (Å²) in [4.78, 5) is 120. The number of nitrogens with two attached hydrogens (primary N) is 3. The molecule has 0 saturated carbocycles. The van der Waals surface area contributed by atoms with E-state index in [1.54, 1.807) is 20.8 Å². The Balaban J connectivity index is 2.25. The molecule has 1 saturated heterocycles. The van der Waals surface area contributed by atoms with Crippen molar-refractivity contribution in [2.45, 2.75) is 115 Å². The lowest BCUT2D eigenvalue weighted by Crippen LogP contribution is -2.62. The van der Waals surface area contributed by atoms with Crippen LogP contribution in [0.2, 0.25) is 0 Å². The maximum absolute atomic E-state index is 13.7. The number of aliphatic hydroxyl groups excluding tert-OH is 1. The average Bonchev–Trinajstić information content (AvgIpc) is 3.74. The largest absolute Gasteiger partial charge is 0.508 e. The van der Waals surface area contributed by atoms with Gasteiger partial charge in [-0.15, -0.1) is 0 Å². The molecule has 0 unspecified atom stereocenters. The lowest BCUT2D eigenvalue weighted by Gasteiger charge is -2.31. The van der Waals surface area contributed by atoms with Gasteiger partial charge in [0.05, 0.1) is 19.1 Å². The summed E-state index contributed by atoms with van der Waals surface area (Å²) < 4.78 is 0. The molecule has 1 fully saturated rings.